The number of carbonyl (C=O) groups excluding carboxylic acids is 1. The zero-order valence-corrected chi connectivity index (χ0v) is 10.7. The maximum Gasteiger partial charge on any atom is 0.185 e. The molecule has 0 amide bonds. The Morgan fingerprint density at radius 3 is 2.53 bits per heavy atom. The van der Waals surface area contributed by atoms with Crippen molar-refractivity contribution in [2.75, 3.05) is 0 Å². The van der Waals surface area contributed by atoms with Crippen molar-refractivity contribution in [3.63, 3.8) is 0 Å². The summed E-state index contributed by atoms with van der Waals surface area (Å²) in [6.07, 6.45) is 1.62. The summed E-state index contributed by atoms with van der Waals surface area (Å²) in [5, 5.41) is 0. The first-order valence-electron chi connectivity index (χ1n) is 5.88. The van der Waals surface area contributed by atoms with E-state index >= 15 is 0 Å². The average molecular weight is 261 g/mol. The highest BCUT2D eigenvalue weighted by Gasteiger charge is 2.13. The average Bonchev–Trinajstić information content (AvgIpc) is 2.33. The highest BCUT2D eigenvalue weighted by molar-refractivity contribution is 5.97. The van der Waals surface area contributed by atoms with Gasteiger partial charge in [0.1, 0.15) is 5.69 Å². The van der Waals surface area contributed by atoms with Gasteiger partial charge in [-0.15, -0.1) is 0 Å². The topological polar surface area (TPSA) is 30.0 Å². The van der Waals surface area contributed by atoms with Crippen LogP contribution in [0.5, 0.6) is 0 Å². The standard InChI is InChI=1S/C15H13F2NO/c1-9-5-10(2)15(18-8-9)14(19)7-11-3-4-12(16)13(17)6-11/h3-6,8H,7H2,1-2H3. The largest absolute Gasteiger partial charge is 0.292 e. The fourth-order valence-corrected chi connectivity index (χ4v) is 1.93. The molecular weight excluding hydrogens is 248 g/mol. The molecule has 2 nitrogen and oxygen atoms in total. The first-order valence-corrected chi connectivity index (χ1v) is 5.88. The molecular formula is C15H13F2NO. The Hall–Kier alpha value is -2.10. The van der Waals surface area contributed by atoms with Gasteiger partial charge in [-0.05, 0) is 42.7 Å². The molecule has 98 valence electrons. The minimum Gasteiger partial charge on any atom is -0.292 e. The van der Waals surface area contributed by atoms with Crippen molar-refractivity contribution < 1.29 is 13.6 Å². The third-order valence-corrected chi connectivity index (χ3v) is 2.83. The summed E-state index contributed by atoms with van der Waals surface area (Å²) in [6, 6.07) is 5.33. The first kappa shape index (κ1) is 13.3. The smallest absolute Gasteiger partial charge is 0.185 e. The van der Waals surface area contributed by atoms with Gasteiger partial charge >= 0.3 is 0 Å². The van der Waals surface area contributed by atoms with Gasteiger partial charge < -0.3 is 0 Å². The fraction of sp³-hybridized carbons (Fsp3) is 0.200. The second-order valence-corrected chi connectivity index (χ2v) is 4.53. The van der Waals surface area contributed by atoms with E-state index < -0.39 is 11.6 Å². The Morgan fingerprint density at radius 1 is 1.16 bits per heavy atom. The lowest BCUT2D eigenvalue weighted by Gasteiger charge is -2.05. The van der Waals surface area contributed by atoms with Gasteiger partial charge in [0.2, 0.25) is 0 Å². The minimum atomic E-state index is -0.945. The number of benzene rings is 1. The molecule has 4 heteroatoms. The van der Waals surface area contributed by atoms with Gasteiger partial charge in [-0.2, -0.15) is 0 Å². The molecule has 0 fully saturated rings. The predicted octanol–water partition coefficient (Wildman–Crippen LogP) is 3.40. The second-order valence-electron chi connectivity index (χ2n) is 4.53. The number of ketones is 1. The van der Waals surface area contributed by atoms with Crippen molar-refractivity contribution in [1.82, 2.24) is 4.98 Å². The Kier molecular flexibility index (Phi) is 3.69. The SMILES string of the molecule is Cc1cnc(C(=O)Cc2ccc(F)c(F)c2)c(C)c1. The molecule has 0 radical (unpaired) electrons. The van der Waals surface area contributed by atoms with Crippen LogP contribution in [0, 0.1) is 25.5 Å². The molecule has 1 aromatic heterocycles. The normalized spacial score (nSPS) is 10.5. The van der Waals surface area contributed by atoms with E-state index in [0.29, 0.717) is 11.3 Å². The Morgan fingerprint density at radius 2 is 1.89 bits per heavy atom. The maximum atomic E-state index is 13.1. The van der Waals surface area contributed by atoms with Gasteiger partial charge in [-0.25, -0.2) is 8.78 Å². The van der Waals surface area contributed by atoms with Gasteiger partial charge in [0.05, 0.1) is 0 Å². The van der Waals surface area contributed by atoms with Gasteiger partial charge in [-0.1, -0.05) is 12.1 Å². The Bertz CT molecular complexity index is 638. The van der Waals surface area contributed by atoms with Crippen LogP contribution >= 0.6 is 0 Å². The molecule has 19 heavy (non-hydrogen) atoms. The molecule has 2 aromatic rings. The molecule has 1 aromatic carbocycles. The third kappa shape index (κ3) is 3.02. The highest BCUT2D eigenvalue weighted by Crippen LogP contribution is 2.13. The van der Waals surface area contributed by atoms with E-state index in [1.165, 1.54) is 6.07 Å². The number of Topliss-reactive ketones (excluding diaryl/α,β-unsaturated/α-hetero) is 1. The van der Waals surface area contributed by atoms with E-state index in [-0.39, 0.29) is 12.2 Å². The second kappa shape index (κ2) is 5.26. The van der Waals surface area contributed by atoms with Gasteiger partial charge in [0, 0.05) is 12.6 Å². The van der Waals surface area contributed by atoms with Crippen molar-refractivity contribution in [3.05, 3.63) is 64.5 Å². The summed E-state index contributed by atoms with van der Waals surface area (Å²) in [6.45, 7) is 3.70. The summed E-state index contributed by atoms with van der Waals surface area (Å²) < 4.78 is 25.9. The van der Waals surface area contributed by atoms with E-state index in [0.717, 1.165) is 23.3 Å². The molecule has 0 spiro atoms. The molecule has 0 aliphatic carbocycles. The molecule has 0 aliphatic rings. The molecule has 0 unspecified atom stereocenters. The number of carbonyl (C=O) groups is 1. The molecule has 1 heterocycles. The molecule has 0 aliphatic heterocycles. The van der Waals surface area contributed by atoms with E-state index in [9.17, 15) is 13.6 Å². The number of hydrogen-bond acceptors (Lipinski definition) is 2. The van der Waals surface area contributed by atoms with Crippen LogP contribution in [-0.4, -0.2) is 10.8 Å². The van der Waals surface area contributed by atoms with Gasteiger partial charge in [-0.3, -0.25) is 9.78 Å². The number of hydrogen-bond donors (Lipinski definition) is 0. The quantitative estimate of drug-likeness (QED) is 0.792. The van der Waals surface area contributed by atoms with Gasteiger partial charge in [0.15, 0.2) is 17.4 Å². The van der Waals surface area contributed by atoms with Crippen LogP contribution in [0.3, 0.4) is 0 Å². The zero-order chi connectivity index (χ0) is 14.0. The summed E-state index contributed by atoms with van der Waals surface area (Å²) in [4.78, 5) is 16.2. The predicted molar refractivity (Wildman–Crippen MR) is 68.1 cm³/mol. The fourth-order valence-electron chi connectivity index (χ4n) is 1.93. The first-order chi connectivity index (χ1) is 8.97. The van der Waals surface area contributed by atoms with E-state index in [2.05, 4.69) is 4.98 Å². The van der Waals surface area contributed by atoms with Crippen LogP contribution in [0.15, 0.2) is 30.5 Å². The monoisotopic (exact) mass is 261 g/mol. The van der Waals surface area contributed by atoms with Crippen molar-refractivity contribution in [3.8, 4) is 0 Å². The third-order valence-electron chi connectivity index (χ3n) is 2.83. The van der Waals surface area contributed by atoms with Crippen molar-refractivity contribution >= 4 is 5.78 Å². The number of aromatic nitrogens is 1. The van der Waals surface area contributed by atoms with Crippen molar-refractivity contribution in [1.29, 1.82) is 0 Å². The summed E-state index contributed by atoms with van der Waals surface area (Å²) in [5.41, 5.74) is 2.57. The molecule has 0 saturated heterocycles. The summed E-state index contributed by atoms with van der Waals surface area (Å²) in [5.74, 6) is -2.07. The molecule has 0 saturated carbocycles. The van der Waals surface area contributed by atoms with Crippen molar-refractivity contribution in [2.45, 2.75) is 20.3 Å². The molecule has 0 N–H and O–H groups in total. The van der Waals surface area contributed by atoms with Crippen LogP contribution in [-0.2, 0) is 6.42 Å². The Labute approximate surface area is 110 Å². The summed E-state index contributed by atoms with van der Waals surface area (Å²) in [7, 11) is 0. The maximum absolute atomic E-state index is 13.1. The van der Waals surface area contributed by atoms with Crippen LogP contribution in [0.2, 0.25) is 0 Å². The molecule has 0 bridgehead atoms. The van der Waals surface area contributed by atoms with Crippen LogP contribution in [0.1, 0.15) is 27.2 Å². The zero-order valence-electron chi connectivity index (χ0n) is 10.7. The lowest BCUT2D eigenvalue weighted by Crippen LogP contribution is -2.09. The van der Waals surface area contributed by atoms with E-state index in [1.807, 2.05) is 13.0 Å². The molecule has 0 atom stereocenters. The number of halogens is 2. The van der Waals surface area contributed by atoms with Crippen LogP contribution in [0.25, 0.3) is 0 Å². The number of aryl methyl sites for hydroxylation is 2. The van der Waals surface area contributed by atoms with Crippen molar-refractivity contribution in [2.24, 2.45) is 0 Å². The van der Waals surface area contributed by atoms with Gasteiger partial charge in [0.25, 0.3) is 0 Å². The Balaban J connectivity index is 2.23. The van der Waals surface area contributed by atoms with Crippen LogP contribution < -0.4 is 0 Å². The number of rotatable bonds is 3. The molecule has 2 rings (SSSR count). The summed E-state index contributed by atoms with van der Waals surface area (Å²) >= 11 is 0. The lowest BCUT2D eigenvalue weighted by molar-refractivity contribution is 0.0987. The van der Waals surface area contributed by atoms with E-state index in [4.69, 9.17) is 0 Å². The highest BCUT2D eigenvalue weighted by atomic mass is 19.2. The number of pyridine rings is 1. The van der Waals surface area contributed by atoms with Crippen LogP contribution in [0.4, 0.5) is 8.78 Å². The van der Waals surface area contributed by atoms with E-state index in [1.54, 1.807) is 13.1 Å². The minimum absolute atomic E-state index is 0.00804. The lowest BCUT2D eigenvalue weighted by atomic mass is 10.0. The number of nitrogens with zero attached hydrogens (tertiary/aromatic N) is 1.